The summed E-state index contributed by atoms with van der Waals surface area (Å²) in [7, 11) is 0. The van der Waals surface area contributed by atoms with E-state index in [4.69, 9.17) is 11.6 Å². The molecule has 0 aromatic carbocycles. The van der Waals surface area contributed by atoms with Crippen LogP contribution >= 0.6 is 27.5 Å². The number of halogens is 5. The normalized spacial score (nSPS) is 15.2. The highest BCUT2D eigenvalue weighted by molar-refractivity contribution is 9.10. The molecule has 0 unspecified atom stereocenters. The maximum Gasteiger partial charge on any atom is 0.451 e. The SMILES string of the molecule is FC(F)(F)c1nnc2n1CCN(c1ncc(Br)cc1Cl)C2. The third-order valence-corrected chi connectivity index (χ3v) is 3.81. The van der Waals surface area contributed by atoms with Crippen LogP contribution in [0.5, 0.6) is 0 Å². The highest BCUT2D eigenvalue weighted by Gasteiger charge is 2.39. The fourth-order valence-corrected chi connectivity index (χ4v) is 2.94. The van der Waals surface area contributed by atoms with Crippen LogP contribution < -0.4 is 4.90 Å². The third kappa shape index (κ3) is 2.71. The average Bonchev–Trinajstić information content (AvgIpc) is 2.81. The lowest BCUT2D eigenvalue weighted by atomic mass is 10.3. The molecule has 0 amide bonds. The number of hydrogen-bond acceptors (Lipinski definition) is 4. The molecule has 10 heteroatoms. The topological polar surface area (TPSA) is 46.8 Å². The molecular weight excluding hydrogens is 375 g/mol. The van der Waals surface area contributed by atoms with E-state index in [0.717, 1.165) is 9.04 Å². The predicted octanol–water partition coefficient (Wildman–Crippen LogP) is 3.13. The summed E-state index contributed by atoms with van der Waals surface area (Å²) in [5, 5.41) is 7.28. The third-order valence-electron chi connectivity index (χ3n) is 3.09. The van der Waals surface area contributed by atoms with Crippen molar-refractivity contribution in [2.24, 2.45) is 0 Å². The first-order valence-corrected chi connectivity index (χ1v) is 7.08. The van der Waals surface area contributed by atoms with Gasteiger partial charge in [0.15, 0.2) is 5.82 Å². The first kappa shape index (κ1) is 14.6. The number of alkyl halides is 3. The van der Waals surface area contributed by atoms with Crippen molar-refractivity contribution in [3.05, 3.63) is 33.4 Å². The van der Waals surface area contributed by atoms with Gasteiger partial charge in [-0.1, -0.05) is 11.6 Å². The molecule has 1 aliphatic heterocycles. The fraction of sp³-hybridized carbons (Fsp3) is 0.364. The van der Waals surface area contributed by atoms with Gasteiger partial charge in [-0.15, -0.1) is 10.2 Å². The van der Waals surface area contributed by atoms with Gasteiger partial charge in [0.25, 0.3) is 0 Å². The number of anilines is 1. The van der Waals surface area contributed by atoms with E-state index in [0.29, 0.717) is 17.4 Å². The van der Waals surface area contributed by atoms with E-state index >= 15 is 0 Å². The molecule has 0 N–H and O–H groups in total. The van der Waals surface area contributed by atoms with Crippen molar-refractivity contribution in [1.82, 2.24) is 19.7 Å². The zero-order chi connectivity index (χ0) is 15.2. The molecule has 0 fully saturated rings. The summed E-state index contributed by atoms with van der Waals surface area (Å²) in [6, 6.07) is 1.68. The van der Waals surface area contributed by atoms with Crippen LogP contribution in [-0.4, -0.2) is 26.3 Å². The highest BCUT2D eigenvalue weighted by atomic mass is 79.9. The van der Waals surface area contributed by atoms with Crippen molar-refractivity contribution in [2.45, 2.75) is 19.3 Å². The minimum Gasteiger partial charge on any atom is -0.346 e. The van der Waals surface area contributed by atoms with Crippen molar-refractivity contribution < 1.29 is 13.2 Å². The quantitative estimate of drug-likeness (QED) is 0.760. The smallest absolute Gasteiger partial charge is 0.346 e. The van der Waals surface area contributed by atoms with E-state index in [9.17, 15) is 13.2 Å². The van der Waals surface area contributed by atoms with Gasteiger partial charge in [0.2, 0.25) is 5.82 Å². The predicted molar refractivity (Wildman–Crippen MR) is 73.0 cm³/mol. The van der Waals surface area contributed by atoms with Gasteiger partial charge in [0.05, 0.1) is 11.6 Å². The summed E-state index contributed by atoms with van der Waals surface area (Å²) in [6.45, 7) is 0.658. The van der Waals surface area contributed by atoms with E-state index in [2.05, 4.69) is 31.1 Å². The van der Waals surface area contributed by atoms with Gasteiger partial charge < -0.3 is 9.47 Å². The van der Waals surface area contributed by atoms with Gasteiger partial charge >= 0.3 is 6.18 Å². The summed E-state index contributed by atoms with van der Waals surface area (Å²) >= 11 is 9.37. The monoisotopic (exact) mass is 381 g/mol. The van der Waals surface area contributed by atoms with Crippen LogP contribution in [0, 0.1) is 0 Å². The summed E-state index contributed by atoms with van der Waals surface area (Å²) < 4.78 is 40.1. The number of fused-ring (bicyclic) bond motifs is 1. The molecule has 0 bridgehead atoms. The zero-order valence-corrected chi connectivity index (χ0v) is 12.7. The second-order valence-electron chi connectivity index (χ2n) is 4.47. The Kier molecular flexibility index (Phi) is 3.56. The second-order valence-corrected chi connectivity index (χ2v) is 5.79. The van der Waals surface area contributed by atoms with Crippen molar-refractivity contribution in [3.63, 3.8) is 0 Å². The molecule has 2 aromatic rings. The van der Waals surface area contributed by atoms with E-state index < -0.39 is 12.0 Å². The van der Waals surface area contributed by atoms with E-state index in [-0.39, 0.29) is 18.9 Å². The first-order chi connectivity index (χ1) is 9.86. The van der Waals surface area contributed by atoms with Crippen LogP contribution in [0.2, 0.25) is 5.02 Å². The Morgan fingerprint density at radius 3 is 2.67 bits per heavy atom. The molecule has 0 aliphatic carbocycles. The number of hydrogen-bond donors (Lipinski definition) is 0. The molecule has 2 aromatic heterocycles. The van der Waals surface area contributed by atoms with Crippen LogP contribution in [-0.2, 0) is 19.3 Å². The lowest BCUT2D eigenvalue weighted by Crippen LogP contribution is -2.36. The summed E-state index contributed by atoms with van der Waals surface area (Å²) in [5.74, 6) is -0.205. The minimum atomic E-state index is -4.50. The molecule has 21 heavy (non-hydrogen) atoms. The van der Waals surface area contributed by atoms with Gasteiger partial charge in [-0.25, -0.2) is 4.98 Å². The molecule has 112 valence electrons. The van der Waals surface area contributed by atoms with E-state index in [1.165, 1.54) is 0 Å². The largest absolute Gasteiger partial charge is 0.451 e. The van der Waals surface area contributed by atoms with Crippen molar-refractivity contribution in [2.75, 3.05) is 11.4 Å². The van der Waals surface area contributed by atoms with Gasteiger partial charge in [-0.05, 0) is 22.0 Å². The van der Waals surface area contributed by atoms with Crippen LogP contribution in [0.3, 0.4) is 0 Å². The summed E-state index contributed by atoms with van der Waals surface area (Å²) in [4.78, 5) is 5.97. The van der Waals surface area contributed by atoms with Crippen LogP contribution in [0.25, 0.3) is 0 Å². The molecule has 0 saturated heterocycles. The van der Waals surface area contributed by atoms with Crippen LogP contribution in [0.4, 0.5) is 19.0 Å². The Labute approximate surface area is 130 Å². The molecule has 3 rings (SSSR count). The average molecular weight is 383 g/mol. The molecule has 0 spiro atoms. The lowest BCUT2D eigenvalue weighted by molar-refractivity contribution is -0.147. The zero-order valence-electron chi connectivity index (χ0n) is 10.4. The number of pyridine rings is 1. The Bertz CT molecular complexity index is 687. The van der Waals surface area contributed by atoms with E-state index in [1.807, 2.05) is 0 Å². The van der Waals surface area contributed by atoms with Gasteiger partial charge in [0.1, 0.15) is 5.82 Å². The van der Waals surface area contributed by atoms with Crippen molar-refractivity contribution in [3.8, 4) is 0 Å². The van der Waals surface area contributed by atoms with E-state index in [1.54, 1.807) is 17.2 Å². The summed E-state index contributed by atoms with van der Waals surface area (Å²) in [5.41, 5.74) is 0. The molecule has 5 nitrogen and oxygen atoms in total. The summed E-state index contributed by atoms with van der Waals surface area (Å²) in [6.07, 6.45) is -2.91. The van der Waals surface area contributed by atoms with Crippen molar-refractivity contribution >= 4 is 33.3 Å². The highest BCUT2D eigenvalue weighted by Crippen LogP contribution is 2.32. The maximum absolute atomic E-state index is 12.8. The van der Waals surface area contributed by atoms with Crippen LogP contribution in [0.15, 0.2) is 16.7 Å². The molecule has 0 saturated carbocycles. The van der Waals surface area contributed by atoms with Crippen molar-refractivity contribution in [1.29, 1.82) is 0 Å². The standard InChI is InChI=1S/C11H8BrClF3N5/c12-6-3-7(13)9(17-4-6)20-1-2-21-8(5-20)18-19-10(21)11(14,15)16/h3-4H,1-2,5H2. The Morgan fingerprint density at radius 1 is 1.24 bits per heavy atom. The Balaban J connectivity index is 1.90. The first-order valence-electron chi connectivity index (χ1n) is 5.91. The molecule has 3 heterocycles. The lowest BCUT2D eigenvalue weighted by Gasteiger charge is -2.29. The fourth-order valence-electron chi connectivity index (χ4n) is 2.19. The van der Waals surface area contributed by atoms with Gasteiger partial charge in [-0.2, -0.15) is 13.2 Å². The number of rotatable bonds is 1. The maximum atomic E-state index is 12.8. The van der Waals surface area contributed by atoms with Gasteiger partial charge in [-0.3, -0.25) is 0 Å². The second kappa shape index (κ2) is 5.13. The Hall–Kier alpha value is -1.35. The Morgan fingerprint density at radius 2 is 2.00 bits per heavy atom. The molecular formula is C11H8BrClF3N5. The minimum absolute atomic E-state index is 0.130. The van der Waals surface area contributed by atoms with Crippen LogP contribution in [0.1, 0.15) is 11.6 Å². The molecule has 0 atom stereocenters. The number of aromatic nitrogens is 4. The molecule has 1 aliphatic rings. The molecule has 0 radical (unpaired) electrons. The number of nitrogens with zero attached hydrogens (tertiary/aromatic N) is 5. The van der Waals surface area contributed by atoms with Gasteiger partial charge in [0, 0.05) is 23.8 Å².